The molecule has 2 aromatic carbocycles. The van der Waals surface area contributed by atoms with Crippen molar-refractivity contribution in [2.75, 3.05) is 5.32 Å². The van der Waals surface area contributed by atoms with E-state index < -0.39 is 11.7 Å². The molecule has 3 rings (SSSR count). The number of carbonyl (C=O) groups excluding carboxylic acids is 1. The average molecular weight is 479 g/mol. The van der Waals surface area contributed by atoms with Gasteiger partial charge in [-0.05, 0) is 71.0 Å². The minimum Gasteiger partial charge on any atom is -0.418 e. The van der Waals surface area contributed by atoms with Crippen LogP contribution in [-0.2, 0) is 22.3 Å². The van der Waals surface area contributed by atoms with E-state index in [2.05, 4.69) is 20.8 Å². The molecule has 0 bridgehead atoms. The Hall–Kier alpha value is -3.40. The van der Waals surface area contributed by atoms with E-state index in [4.69, 9.17) is 9.15 Å². The van der Waals surface area contributed by atoms with E-state index in [-0.39, 0.29) is 18.2 Å². The molecule has 2 N–H and O–H groups in total. The minimum atomic E-state index is -4.37. The summed E-state index contributed by atoms with van der Waals surface area (Å²) in [5.74, 6) is 0.636. The van der Waals surface area contributed by atoms with Gasteiger partial charge in [0.15, 0.2) is 0 Å². The number of para-hydroxylation sites is 1. The number of rotatable bonds is 7. The number of nitrogens with one attached hydrogen (secondary N) is 2. The van der Waals surface area contributed by atoms with Gasteiger partial charge in [-0.15, -0.1) is 10.2 Å². The van der Waals surface area contributed by atoms with Crippen LogP contribution < -0.4 is 10.6 Å². The van der Waals surface area contributed by atoms with Crippen molar-refractivity contribution in [3.63, 3.8) is 0 Å². The fourth-order valence-corrected chi connectivity index (χ4v) is 2.51. The molecular formula is C24H29F3N4O3. The number of hydrogen-bond acceptors (Lipinski definition) is 6. The number of anilines is 2. The molecular weight excluding hydrogens is 449 g/mol. The van der Waals surface area contributed by atoms with E-state index in [1.54, 1.807) is 18.2 Å². The van der Waals surface area contributed by atoms with Crippen molar-refractivity contribution >= 4 is 17.8 Å². The third-order valence-corrected chi connectivity index (χ3v) is 4.15. The molecule has 0 spiro atoms. The molecule has 0 unspecified atom stereocenters. The van der Waals surface area contributed by atoms with Gasteiger partial charge in [-0.2, -0.15) is 13.2 Å². The Kier molecular flexibility index (Phi) is 9.19. The van der Waals surface area contributed by atoms with Crippen LogP contribution in [0.5, 0.6) is 0 Å². The van der Waals surface area contributed by atoms with E-state index in [0.29, 0.717) is 35.1 Å². The van der Waals surface area contributed by atoms with Crippen LogP contribution in [0.3, 0.4) is 0 Å². The highest BCUT2D eigenvalue weighted by Crippen LogP contribution is 2.32. The van der Waals surface area contributed by atoms with Gasteiger partial charge in [0.1, 0.15) is 6.61 Å². The molecule has 7 nitrogen and oxygen atoms in total. The number of hydrogen-bond donors (Lipinski definition) is 2. The lowest BCUT2D eigenvalue weighted by atomic mass is 10.1. The fraction of sp³-hybridized carbons (Fsp3) is 0.375. The second kappa shape index (κ2) is 11.6. The van der Waals surface area contributed by atoms with Gasteiger partial charge >= 0.3 is 6.18 Å². The van der Waals surface area contributed by atoms with E-state index in [1.807, 2.05) is 40.7 Å². The van der Waals surface area contributed by atoms with E-state index in [0.717, 1.165) is 12.1 Å². The summed E-state index contributed by atoms with van der Waals surface area (Å²) in [6.45, 7) is 9.78. The molecule has 0 fully saturated rings. The number of ether oxygens (including phenoxy) is 1. The Morgan fingerprint density at radius 3 is 2.21 bits per heavy atom. The van der Waals surface area contributed by atoms with Gasteiger partial charge in [0.05, 0.1) is 22.4 Å². The third-order valence-electron chi connectivity index (χ3n) is 4.15. The molecule has 184 valence electrons. The highest BCUT2D eigenvalue weighted by molar-refractivity contribution is 5.76. The Labute approximate surface area is 196 Å². The lowest BCUT2D eigenvalue weighted by Gasteiger charge is -2.17. The summed E-state index contributed by atoms with van der Waals surface area (Å²) in [5.41, 5.74) is 0.741. The average Bonchev–Trinajstić information content (AvgIpc) is 3.21. The maximum atomic E-state index is 12.7. The van der Waals surface area contributed by atoms with Gasteiger partial charge in [-0.3, -0.25) is 4.79 Å². The summed E-state index contributed by atoms with van der Waals surface area (Å²) in [7, 11) is 0. The van der Waals surface area contributed by atoms with Crippen LogP contribution in [0.2, 0.25) is 0 Å². The zero-order chi connectivity index (χ0) is 25.4. The molecule has 0 aliphatic carbocycles. The summed E-state index contributed by atoms with van der Waals surface area (Å²) >= 11 is 0. The van der Waals surface area contributed by atoms with E-state index in [9.17, 15) is 18.0 Å². The molecule has 10 heteroatoms. The molecule has 0 atom stereocenters. The molecule has 34 heavy (non-hydrogen) atoms. The van der Waals surface area contributed by atoms with Gasteiger partial charge < -0.3 is 19.8 Å². The van der Waals surface area contributed by atoms with Crippen molar-refractivity contribution in [1.82, 2.24) is 15.5 Å². The van der Waals surface area contributed by atoms with Crippen molar-refractivity contribution in [2.45, 2.75) is 59.0 Å². The van der Waals surface area contributed by atoms with Crippen LogP contribution in [0.25, 0.3) is 11.5 Å². The Balaban J connectivity index is 0.000000604. The van der Waals surface area contributed by atoms with Crippen LogP contribution in [0.1, 0.15) is 46.1 Å². The lowest BCUT2D eigenvalue weighted by molar-refractivity contribution is -0.137. The molecule has 0 aliphatic rings. The second-order valence-corrected chi connectivity index (χ2v) is 8.59. The largest absolute Gasteiger partial charge is 0.418 e. The van der Waals surface area contributed by atoms with Crippen molar-refractivity contribution in [2.24, 2.45) is 0 Å². The first kappa shape index (κ1) is 26.8. The predicted octanol–water partition coefficient (Wildman–Crippen LogP) is 5.95. The summed E-state index contributed by atoms with van der Waals surface area (Å²) in [6, 6.07) is 12.3. The third kappa shape index (κ3) is 8.86. The number of alkyl halides is 3. The van der Waals surface area contributed by atoms with E-state index in [1.165, 1.54) is 12.1 Å². The molecule has 1 amide bonds. The van der Waals surface area contributed by atoms with Crippen LogP contribution in [0.4, 0.5) is 24.5 Å². The van der Waals surface area contributed by atoms with Gasteiger partial charge in [0, 0.05) is 11.7 Å². The quantitative estimate of drug-likeness (QED) is 0.408. The molecule has 1 aromatic heterocycles. The van der Waals surface area contributed by atoms with Crippen molar-refractivity contribution in [1.29, 1.82) is 0 Å². The standard InChI is InChI=1S/C20H20F3N3O2.C4H9NO/c1-19(2,3)27-12-17-25-26-18(28-17)15-6-4-5-7-16(15)24-14-10-8-13(9-11-14)20(21,22)23;1-4(2)5-3-6/h4-11,24H,12H2,1-3H3;3-4H,1-2H3,(H,5,6). The number of amides is 1. The lowest BCUT2D eigenvalue weighted by Crippen LogP contribution is -2.19. The molecule has 1 heterocycles. The van der Waals surface area contributed by atoms with Crippen molar-refractivity contribution < 1.29 is 27.1 Å². The van der Waals surface area contributed by atoms with Crippen molar-refractivity contribution in [3.8, 4) is 11.5 Å². The summed E-state index contributed by atoms with van der Waals surface area (Å²) in [5, 5.41) is 13.7. The first-order chi connectivity index (χ1) is 15.9. The monoisotopic (exact) mass is 478 g/mol. The summed E-state index contributed by atoms with van der Waals surface area (Å²) in [6.07, 6.45) is -3.67. The van der Waals surface area contributed by atoms with Crippen LogP contribution in [0, 0.1) is 0 Å². The maximum absolute atomic E-state index is 12.7. The van der Waals surface area contributed by atoms with Crippen LogP contribution >= 0.6 is 0 Å². The first-order valence-electron chi connectivity index (χ1n) is 10.6. The number of benzene rings is 2. The van der Waals surface area contributed by atoms with Gasteiger partial charge in [0.2, 0.25) is 18.2 Å². The van der Waals surface area contributed by atoms with Gasteiger partial charge in [0.25, 0.3) is 0 Å². The SMILES string of the molecule is CC(C)(C)OCc1nnc(-c2ccccc2Nc2ccc(C(F)(F)F)cc2)o1.CC(C)NC=O. The highest BCUT2D eigenvalue weighted by Gasteiger charge is 2.30. The Morgan fingerprint density at radius 1 is 1.03 bits per heavy atom. The molecule has 0 radical (unpaired) electrons. The van der Waals surface area contributed by atoms with Crippen LogP contribution in [0.15, 0.2) is 52.9 Å². The van der Waals surface area contributed by atoms with Crippen molar-refractivity contribution in [3.05, 3.63) is 60.0 Å². The number of carbonyl (C=O) groups is 1. The molecule has 3 aromatic rings. The summed E-state index contributed by atoms with van der Waals surface area (Å²) in [4.78, 5) is 9.50. The second-order valence-electron chi connectivity index (χ2n) is 8.59. The minimum absolute atomic E-state index is 0.186. The van der Waals surface area contributed by atoms with Gasteiger partial charge in [-0.25, -0.2) is 0 Å². The fourth-order valence-electron chi connectivity index (χ4n) is 2.51. The number of nitrogens with zero attached hydrogens (tertiary/aromatic N) is 2. The number of aromatic nitrogens is 2. The topological polar surface area (TPSA) is 89.3 Å². The van der Waals surface area contributed by atoms with E-state index >= 15 is 0 Å². The smallest absolute Gasteiger partial charge is 0.416 e. The first-order valence-corrected chi connectivity index (χ1v) is 10.6. The Bertz CT molecular complexity index is 1040. The maximum Gasteiger partial charge on any atom is 0.416 e. The molecule has 0 aliphatic heterocycles. The zero-order valence-electron chi connectivity index (χ0n) is 19.7. The van der Waals surface area contributed by atoms with Gasteiger partial charge in [-0.1, -0.05) is 12.1 Å². The molecule has 0 saturated carbocycles. The predicted molar refractivity (Wildman–Crippen MR) is 123 cm³/mol. The normalized spacial score (nSPS) is 11.6. The highest BCUT2D eigenvalue weighted by atomic mass is 19.4. The zero-order valence-corrected chi connectivity index (χ0v) is 19.7. The molecule has 0 saturated heterocycles. The number of halogens is 3. The summed E-state index contributed by atoms with van der Waals surface area (Å²) < 4.78 is 49.4. The Morgan fingerprint density at radius 2 is 1.68 bits per heavy atom. The van der Waals surface area contributed by atoms with Crippen LogP contribution in [-0.4, -0.2) is 28.3 Å².